The summed E-state index contributed by atoms with van der Waals surface area (Å²) >= 11 is 7.43. The summed E-state index contributed by atoms with van der Waals surface area (Å²) < 4.78 is -0.500. The minimum atomic E-state index is -0.500. The van der Waals surface area contributed by atoms with Gasteiger partial charge in [0.25, 0.3) is 0 Å². The van der Waals surface area contributed by atoms with Crippen LogP contribution in [0.2, 0.25) is 5.02 Å². The van der Waals surface area contributed by atoms with Crippen molar-refractivity contribution >= 4 is 35.0 Å². The average molecular weight is 228 g/mol. The van der Waals surface area contributed by atoms with Gasteiger partial charge in [-0.25, -0.2) is 0 Å². The molecule has 1 heterocycles. The summed E-state index contributed by atoms with van der Waals surface area (Å²) in [4.78, 5) is 11.7. The highest BCUT2D eigenvalue weighted by Gasteiger charge is 2.42. The molecule has 0 saturated carbocycles. The number of carbonyl (C=O) groups excluding carboxylic acids is 1. The molecule has 0 radical (unpaired) electrons. The second-order valence-corrected chi connectivity index (χ2v) is 5.04. The minimum absolute atomic E-state index is 0.0299. The van der Waals surface area contributed by atoms with Crippen molar-refractivity contribution in [3.8, 4) is 0 Å². The van der Waals surface area contributed by atoms with Gasteiger partial charge in [-0.1, -0.05) is 11.6 Å². The van der Waals surface area contributed by atoms with Crippen molar-refractivity contribution in [2.24, 2.45) is 0 Å². The molecule has 0 saturated heterocycles. The first-order valence-corrected chi connectivity index (χ1v) is 5.85. The van der Waals surface area contributed by atoms with Gasteiger partial charge in [-0.2, -0.15) is 0 Å². The zero-order valence-corrected chi connectivity index (χ0v) is 9.50. The van der Waals surface area contributed by atoms with Crippen LogP contribution in [0.1, 0.15) is 12.5 Å². The van der Waals surface area contributed by atoms with Gasteiger partial charge >= 0.3 is 0 Å². The van der Waals surface area contributed by atoms with Crippen molar-refractivity contribution in [1.82, 2.24) is 0 Å². The minimum Gasteiger partial charge on any atom is -0.324 e. The van der Waals surface area contributed by atoms with E-state index in [0.29, 0.717) is 5.02 Å². The zero-order valence-electron chi connectivity index (χ0n) is 7.93. The summed E-state index contributed by atoms with van der Waals surface area (Å²) in [7, 11) is 0. The smallest absolute Gasteiger partial charge is 0.244 e. The highest BCUT2D eigenvalue weighted by molar-refractivity contribution is 8.00. The number of anilines is 1. The molecular formula is C10H10ClNOS. The van der Waals surface area contributed by atoms with Crippen LogP contribution in [0.25, 0.3) is 0 Å². The van der Waals surface area contributed by atoms with Crippen LogP contribution in [0.3, 0.4) is 0 Å². The van der Waals surface area contributed by atoms with Crippen LogP contribution in [0, 0.1) is 0 Å². The standard InChI is InChI=1S/C10H10ClNOS/c1-10(14-2)7-5-6(11)3-4-8(7)12-9(10)13/h3-5H,1-2H3,(H,12,13). The molecular weight excluding hydrogens is 218 g/mol. The lowest BCUT2D eigenvalue weighted by atomic mass is 10.0. The van der Waals surface area contributed by atoms with Gasteiger partial charge in [0, 0.05) is 16.3 Å². The second-order valence-electron chi connectivity index (χ2n) is 3.38. The highest BCUT2D eigenvalue weighted by Crippen LogP contribution is 2.45. The summed E-state index contributed by atoms with van der Waals surface area (Å²) in [5.41, 5.74) is 1.85. The quantitative estimate of drug-likeness (QED) is 0.800. The van der Waals surface area contributed by atoms with Gasteiger partial charge in [0.05, 0.1) is 0 Å². The van der Waals surface area contributed by atoms with Gasteiger partial charge in [-0.15, -0.1) is 11.8 Å². The lowest BCUT2D eigenvalue weighted by molar-refractivity contribution is -0.117. The maximum atomic E-state index is 11.7. The number of carbonyl (C=O) groups is 1. The molecule has 0 aliphatic carbocycles. The van der Waals surface area contributed by atoms with Crippen LogP contribution < -0.4 is 5.32 Å². The fourth-order valence-corrected chi connectivity index (χ4v) is 2.38. The Bertz CT molecular complexity index is 407. The molecule has 1 unspecified atom stereocenters. The summed E-state index contributed by atoms with van der Waals surface area (Å²) in [6.07, 6.45) is 1.93. The Labute approximate surface area is 92.0 Å². The predicted octanol–water partition coefficient (Wildman–Crippen LogP) is 2.87. The molecule has 0 aromatic heterocycles. The van der Waals surface area contributed by atoms with E-state index in [1.165, 1.54) is 11.8 Å². The van der Waals surface area contributed by atoms with Gasteiger partial charge in [0.1, 0.15) is 4.75 Å². The van der Waals surface area contributed by atoms with E-state index in [4.69, 9.17) is 11.6 Å². The Morgan fingerprint density at radius 2 is 2.21 bits per heavy atom. The Morgan fingerprint density at radius 3 is 2.86 bits per heavy atom. The van der Waals surface area contributed by atoms with Crippen molar-refractivity contribution in [3.63, 3.8) is 0 Å². The van der Waals surface area contributed by atoms with E-state index in [1.54, 1.807) is 6.07 Å². The molecule has 0 bridgehead atoms. The predicted molar refractivity (Wildman–Crippen MR) is 60.9 cm³/mol. The van der Waals surface area contributed by atoms with Gasteiger partial charge in [-0.05, 0) is 31.4 Å². The number of hydrogen-bond donors (Lipinski definition) is 1. The van der Waals surface area contributed by atoms with Gasteiger partial charge < -0.3 is 5.32 Å². The van der Waals surface area contributed by atoms with Crippen LogP contribution >= 0.6 is 23.4 Å². The fraction of sp³-hybridized carbons (Fsp3) is 0.300. The Hall–Kier alpha value is -0.670. The third-order valence-electron chi connectivity index (χ3n) is 2.59. The molecule has 1 aliphatic heterocycles. The topological polar surface area (TPSA) is 29.1 Å². The SMILES string of the molecule is CSC1(C)C(=O)Nc2ccc(Cl)cc21. The zero-order chi connectivity index (χ0) is 10.3. The molecule has 1 atom stereocenters. The lowest BCUT2D eigenvalue weighted by Gasteiger charge is -2.18. The van der Waals surface area contributed by atoms with Crippen LogP contribution in [0.15, 0.2) is 18.2 Å². The van der Waals surface area contributed by atoms with Gasteiger partial charge in [0.2, 0.25) is 5.91 Å². The Morgan fingerprint density at radius 1 is 1.50 bits per heavy atom. The van der Waals surface area contributed by atoms with Crippen LogP contribution in [0.5, 0.6) is 0 Å². The van der Waals surface area contributed by atoms with Crippen molar-refractivity contribution in [2.45, 2.75) is 11.7 Å². The van der Waals surface area contributed by atoms with Crippen molar-refractivity contribution in [1.29, 1.82) is 0 Å². The molecule has 1 N–H and O–H groups in total. The monoisotopic (exact) mass is 227 g/mol. The van der Waals surface area contributed by atoms with E-state index in [0.717, 1.165) is 11.3 Å². The lowest BCUT2D eigenvalue weighted by Crippen LogP contribution is -2.26. The number of thioether (sulfide) groups is 1. The number of benzene rings is 1. The van der Waals surface area contributed by atoms with E-state index >= 15 is 0 Å². The van der Waals surface area contributed by atoms with Crippen LogP contribution in [-0.4, -0.2) is 12.2 Å². The Balaban J connectivity index is 2.61. The molecule has 4 heteroatoms. The molecule has 0 fully saturated rings. The molecule has 14 heavy (non-hydrogen) atoms. The maximum absolute atomic E-state index is 11.7. The van der Waals surface area contributed by atoms with Gasteiger partial charge in [0.15, 0.2) is 0 Å². The molecule has 1 aliphatic rings. The van der Waals surface area contributed by atoms with Crippen molar-refractivity contribution in [3.05, 3.63) is 28.8 Å². The summed E-state index contributed by atoms with van der Waals surface area (Å²) in [5.74, 6) is 0.0299. The molecule has 2 nitrogen and oxygen atoms in total. The van der Waals surface area contributed by atoms with E-state index < -0.39 is 4.75 Å². The largest absolute Gasteiger partial charge is 0.324 e. The highest BCUT2D eigenvalue weighted by atomic mass is 35.5. The van der Waals surface area contributed by atoms with E-state index in [2.05, 4.69) is 5.32 Å². The second kappa shape index (κ2) is 3.17. The molecule has 1 aromatic rings. The molecule has 74 valence electrons. The number of amides is 1. The number of nitrogens with one attached hydrogen (secondary N) is 1. The number of fused-ring (bicyclic) bond motifs is 1. The summed E-state index contributed by atoms with van der Waals surface area (Å²) in [6, 6.07) is 5.48. The first kappa shape index (κ1) is 9.87. The molecule has 1 aromatic carbocycles. The third kappa shape index (κ3) is 1.23. The third-order valence-corrected chi connectivity index (χ3v) is 4.04. The van der Waals surface area contributed by atoms with Crippen LogP contribution in [0.4, 0.5) is 5.69 Å². The van der Waals surface area contributed by atoms with E-state index in [1.807, 2.05) is 25.3 Å². The number of hydrogen-bond acceptors (Lipinski definition) is 2. The summed E-state index contributed by atoms with van der Waals surface area (Å²) in [5, 5.41) is 3.51. The normalized spacial score (nSPS) is 24.6. The Kier molecular flexibility index (Phi) is 2.24. The van der Waals surface area contributed by atoms with Crippen molar-refractivity contribution < 1.29 is 4.79 Å². The number of halogens is 1. The molecule has 2 rings (SSSR count). The fourth-order valence-electron chi connectivity index (χ4n) is 1.59. The first-order valence-electron chi connectivity index (χ1n) is 4.24. The summed E-state index contributed by atoms with van der Waals surface area (Å²) in [6.45, 7) is 1.91. The average Bonchev–Trinajstić information content (AvgIpc) is 2.41. The molecule has 1 amide bonds. The molecule has 0 spiro atoms. The number of rotatable bonds is 1. The first-order chi connectivity index (χ1) is 6.58. The van der Waals surface area contributed by atoms with E-state index in [-0.39, 0.29) is 5.91 Å². The van der Waals surface area contributed by atoms with E-state index in [9.17, 15) is 4.79 Å². The van der Waals surface area contributed by atoms with Crippen LogP contribution in [-0.2, 0) is 9.54 Å². The van der Waals surface area contributed by atoms with Crippen molar-refractivity contribution in [2.75, 3.05) is 11.6 Å². The maximum Gasteiger partial charge on any atom is 0.244 e. The van der Waals surface area contributed by atoms with Gasteiger partial charge in [-0.3, -0.25) is 4.79 Å².